The van der Waals surface area contributed by atoms with Gasteiger partial charge in [0.25, 0.3) is 5.69 Å². The standard InChI is InChI=1S/C16H25N5O2/c17-16(20-13-7-3-1-2-4-8-13)19-12-11-18-14-9-5-6-10-15(14)21(22)23/h5-6,9-10,13,18H,1-4,7-8,11-12H2,(H3,17,19,20). The molecule has 0 atom stereocenters. The van der Waals surface area contributed by atoms with E-state index in [0.29, 0.717) is 30.8 Å². The lowest BCUT2D eigenvalue weighted by Gasteiger charge is -2.16. The maximum atomic E-state index is 10.9. The largest absolute Gasteiger partial charge is 0.378 e. The van der Waals surface area contributed by atoms with Gasteiger partial charge in [0.15, 0.2) is 5.96 Å². The summed E-state index contributed by atoms with van der Waals surface area (Å²) in [6, 6.07) is 7.00. The van der Waals surface area contributed by atoms with Gasteiger partial charge in [-0.05, 0) is 18.9 Å². The number of nitro benzene ring substituents is 1. The molecule has 0 spiro atoms. The van der Waals surface area contributed by atoms with Crippen molar-refractivity contribution in [3.63, 3.8) is 0 Å². The topological polar surface area (TPSA) is 106 Å². The molecule has 1 aliphatic rings. The van der Waals surface area contributed by atoms with E-state index in [0.717, 1.165) is 12.8 Å². The summed E-state index contributed by atoms with van der Waals surface area (Å²) in [7, 11) is 0. The Hall–Kier alpha value is -2.31. The van der Waals surface area contributed by atoms with Gasteiger partial charge < -0.3 is 16.4 Å². The Morgan fingerprint density at radius 2 is 1.96 bits per heavy atom. The number of nitrogens with two attached hydrogens (primary N) is 1. The molecule has 1 saturated carbocycles. The number of nitrogens with zero attached hydrogens (tertiary/aromatic N) is 2. The predicted octanol–water partition coefficient (Wildman–Crippen LogP) is 2.63. The number of para-hydroxylation sites is 2. The van der Waals surface area contributed by atoms with E-state index in [4.69, 9.17) is 5.73 Å². The minimum absolute atomic E-state index is 0.0704. The number of guanidine groups is 1. The average molecular weight is 319 g/mol. The highest BCUT2D eigenvalue weighted by molar-refractivity contribution is 5.78. The number of nitrogens with one attached hydrogen (secondary N) is 2. The highest BCUT2D eigenvalue weighted by Crippen LogP contribution is 2.22. The van der Waals surface area contributed by atoms with Gasteiger partial charge in [-0.25, -0.2) is 0 Å². The third-order valence-electron chi connectivity index (χ3n) is 4.02. The summed E-state index contributed by atoms with van der Waals surface area (Å²) >= 11 is 0. The molecule has 7 nitrogen and oxygen atoms in total. The van der Waals surface area contributed by atoms with E-state index in [1.807, 2.05) is 0 Å². The first-order valence-electron chi connectivity index (χ1n) is 8.20. The van der Waals surface area contributed by atoms with Crippen molar-refractivity contribution in [2.24, 2.45) is 10.7 Å². The van der Waals surface area contributed by atoms with Gasteiger partial charge in [-0.15, -0.1) is 0 Å². The molecule has 1 aliphatic carbocycles. The SMILES string of the molecule is NC(=NCCNc1ccccc1[N+](=O)[O-])NC1CCCCCC1. The lowest BCUT2D eigenvalue weighted by atomic mass is 10.1. The van der Waals surface area contributed by atoms with Crippen molar-refractivity contribution < 1.29 is 4.92 Å². The first-order chi connectivity index (χ1) is 11.2. The molecule has 126 valence electrons. The van der Waals surface area contributed by atoms with Crippen LogP contribution in [-0.4, -0.2) is 30.0 Å². The monoisotopic (exact) mass is 319 g/mol. The van der Waals surface area contributed by atoms with Gasteiger partial charge >= 0.3 is 0 Å². The molecular formula is C16H25N5O2. The van der Waals surface area contributed by atoms with E-state index in [-0.39, 0.29) is 5.69 Å². The van der Waals surface area contributed by atoms with Gasteiger partial charge in [0, 0.05) is 18.7 Å². The zero-order valence-electron chi connectivity index (χ0n) is 13.3. The lowest BCUT2D eigenvalue weighted by Crippen LogP contribution is -2.40. The number of nitro groups is 1. The highest BCUT2D eigenvalue weighted by atomic mass is 16.6. The number of benzene rings is 1. The second-order valence-corrected chi connectivity index (χ2v) is 5.80. The summed E-state index contributed by atoms with van der Waals surface area (Å²) in [5, 5.41) is 17.2. The zero-order chi connectivity index (χ0) is 16.5. The number of hydrogen-bond donors (Lipinski definition) is 3. The van der Waals surface area contributed by atoms with Gasteiger partial charge in [-0.2, -0.15) is 0 Å². The summed E-state index contributed by atoms with van der Waals surface area (Å²) in [5.41, 5.74) is 6.49. The van der Waals surface area contributed by atoms with Crippen LogP contribution in [0.3, 0.4) is 0 Å². The summed E-state index contributed by atoms with van der Waals surface area (Å²) < 4.78 is 0. The van der Waals surface area contributed by atoms with Crippen LogP contribution in [0, 0.1) is 10.1 Å². The third kappa shape index (κ3) is 5.77. The van der Waals surface area contributed by atoms with Crippen molar-refractivity contribution in [2.45, 2.75) is 44.6 Å². The molecule has 4 N–H and O–H groups in total. The van der Waals surface area contributed by atoms with Crippen molar-refractivity contribution in [3.05, 3.63) is 34.4 Å². The van der Waals surface area contributed by atoms with E-state index in [1.165, 1.54) is 31.7 Å². The van der Waals surface area contributed by atoms with Crippen molar-refractivity contribution in [1.29, 1.82) is 0 Å². The maximum Gasteiger partial charge on any atom is 0.292 e. The number of anilines is 1. The summed E-state index contributed by atoms with van der Waals surface area (Å²) in [4.78, 5) is 14.8. The molecule has 0 heterocycles. The van der Waals surface area contributed by atoms with E-state index in [9.17, 15) is 10.1 Å². The van der Waals surface area contributed by atoms with E-state index >= 15 is 0 Å². The van der Waals surface area contributed by atoms with Gasteiger partial charge in [0.05, 0.1) is 11.5 Å². The van der Waals surface area contributed by atoms with Gasteiger partial charge in [-0.3, -0.25) is 15.1 Å². The van der Waals surface area contributed by atoms with Crippen LogP contribution in [0.5, 0.6) is 0 Å². The first kappa shape index (κ1) is 17.1. The quantitative estimate of drug-likeness (QED) is 0.187. The van der Waals surface area contributed by atoms with E-state index in [2.05, 4.69) is 15.6 Å². The molecule has 0 bridgehead atoms. The van der Waals surface area contributed by atoms with Crippen LogP contribution in [-0.2, 0) is 0 Å². The van der Waals surface area contributed by atoms with Crippen molar-refractivity contribution >= 4 is 17.3 Å². The fraction of sp³-hybridized carbons (Fsp3) is 0.562. The Morgan fingerprint density at radius 3 is 2.65 bits per heavy atom. The minimum atomic E-state index is -0.395. The van der Waals surface area contributed by atoms with Crippen LogP contribution in [0.1, 0.15) is 38.5 Å². The van der Waals surface area contributed by atoms with Gasteiger partial charge in [-0.1, -0.05) is 37.8 Å². The Morgan fingerprint density at radius 1 is 1.26 bits per heavy atom. The fourth-order valence-electron chi connectivity index (χ4n) is 2.83. The van der Waals surface area contributed by atoms with Gasteiger partial charge in [0.2, 0.25) is 0 Å². The molecular weight excluding hydrogens is 294 g/mol. The Labute approximate surface area is 136 Å². The normalized spacial score (nSPS) is 16.6. The molecule has 7 heteroatoms. The van der Waals surface area contributed by atoms with Crippen LogP contribution in [0.4, 0.5) is 11.4 Å². The van der Waals surface area contributed by atoms with Gasteiger partial charge in [0.1, 0.15) is 5.69 Å². The van der Waals surface area contributed by atoms with Crippen LogP contribution < -0.4 is 16.4 Å². The highest BCUT2D eigenvalue weighted by Gasteiger charge is 2.13. The molecule has 2 rings (SSSR count). The molecule has 0 radical (unpaired) electrons. The minimum Gasteiger partial charge on any atom is -0.378 e. The third-order valence-corrected chi connectivity index (χ3v) is 4.02. The average Bonchev–Trinajstić information content (AvgIpc) is 2.80. The maximum absolute atomic E-state index is 10.9. The molecule has 1 aromatic rings. The van der Waals surface area contributed by atoms with Crippen molar-refractivity contribution in [1.82, 2.24) is 5.32 Å². The molecule has 0 aliphatic heterocycles. The van der Waals surface area contributed by atoms with Crippen LogP contribution in [0.2, 0.25) is 0 Å². The first-order valence-corrected chi connectivity index (χ1v) is 8.20. The van der Waals surface area contributed by atoms with Crippen molar-refractivity contribution in [3.8, 4) is 0 Å². The number of rotatable bonds is 6. The second kappa shape index (κ2) is 8.97. The molecule has 1 fully saturated rings. The Bertz CT molecular complexity index is 539. The Kier molecular flexibility index (Phi) is 6.65. The lowest BCUT2D eigenvalue weighted by molar-refractivity contribution is -0.384. The number of hydrogen-bond acceptors (Lipinski definition) is 4. The van der Waals surface area contributed by atoms with Crippen LogP contribution in [0.25, 0.3) is 0 Å². The molecule has 23 heavy (non-hydrogen) atoms. The summed E-state index contributed by atoms with van der Waals surface area (Å²) in [6.07, 6.45) is 7.37. The zero-order valence-corrected chi connectivity index (χ0v) is 13.3. The molecule has 1 aromatic carbocycles. The van der Waals surface area contributed by atoms with Crippen LogP contribution >= 0.6 is 0 Å². The van der Waals surface area contributed by atoms with E-state index in [1.54, 1.807) is 18.2 Å². The molecule has 0 aromatic heterocycles. The van der Waals surface area contributed by atoms with E-state index < -0.39 is 4.92 Å². The fourth-order valence-corrected chi connectivity index (χ4v) is 2.83. The molecule has 0 unspecified atom stereocenters. The van der Waals surface area contributed by atoms with Crippen molar-refractivity contribution in [2.75, 3.05) is 18.4 Å². The number of aliphatic imine (C=N–C) groups is 1. The summed E-state index contributed by atoms with van der Waals surface area (Å²) in [5.74, 6) is 0.460. The molecule has 0 amide bonds. The second-order valence-electron chi connectivity index (χ2n) is 5.80. The summed E-state index contributed by atoms with van der Waals surface area (Å²) in [6.45, 7) is 0.968. The predicted molar refractivity (Wildman–Crippen MR) is 92.7 cm³/mol. The Balaban J connectivity index is 1.76. The van der Waals surface area contributed by atoms with Crippen LogP contribution in [0.15, 0.2) is 29.3 Å². The smallest absolute Gasteiger partial charge is 0.292 e. The molecule has 0 saturated heterocycles.